The molecule has 4 aromatic rings. The number of ether oxygens (including phenoxy) is 1. The van der Waals surface area contributed by atoms with Gasteiger partial charge in [-0.1, -0.05) is 18.2 Å². The van der Waals surface area contributed by atoms with Crippen molar-refractivity contribution in [3.05, 3.63) is 89.6 Å². The predicted octanol–water partition coefficient (Wildman–Crippen LogP) is 7.64. The van der Waals surface area contributed by atoms with Gasteiger partial charge in [0.2, 0.25) is 0 Å². The topological polar surface area (TPSA) is 61.7 Å². The van der Waals surface area contributed by atoms with E-state index < -0.39 is 0 Å². The average molecular weight is 649 g/mol. The molecule has 0 atom stereocenters. The Bertz CT molecular complexity index is 1310. The second-order valence-corrected chi connectivity index (χ2v) is 9.96. The van der Waals surface area contributed by atoms with E-state index in [1.165, 1.54) is 3.57 Å². The highest BCUT2D eigenvalue weighted by Crippen LogP contribution is 2.36. The molecule has 4 rings (SSSR count). The van der Waals surface area contributed by atoms with Gasteiger partial charge in [0.05, 0.1) is 25.6 Å². The van der Waals surface area contributed by atoms with Crippen molar-refractivity contribution in [3.63, 3.8) is 0 Å². The highest BCUT2D eigenvalue weighted by molar-refractivity contribution is 14.1. The number of hydrogen-bond donors (Lipinski definition) is 1. The van der Waals surface area contributed by atoms with Crippen LogP contribution in [-0.2, 0) is 6.61 Å². The lowest BCUT2D eigenvalue weighted by atomic mass is 10.1. The third-order valence-electron chi connectivity index (χ3n) is 4.64. The molecule has 0 aliphatic rings. The number of benzene rings is 3. The van der Waals surface area contributed by atoms with E-state index in [2.05, 4.69) is 94.8 Å². The summed E-state index contributed by atoms with van der Waals surface area (Å²) < 4.78 is 8.81. The summed E-state index contributed by atoms with van der Waals surface area (Å²) in [6.07, 6.45) is 1.81. The Balaban J connectivity index is 1.60. The Morgan fingerprint density at radius 3 is 2.52 bits per heavy atom. The fourth-order valence-electron chi connectivity index (χ4n) is 3.11. The molecule has 7 heteroatoms. The minimum atomic E-state index is 0.459. The fourth-order valence-corrected chi connectivity index (χ4v) is 4.92. The van der Waals surface area contributed by atoms with Gasteiger partial charge in [-0.15, -0.1) is 0 Å². The zero-order valence-corrected chi connectivity index (χ0v) is 21.7. The molecule has 0 radical (unpaired) electrons. The third-order valence-corrected chi connectivity index (χ3v) is 6.54. The SMILES string of the molecule is Cc1ccc2nc(/C(C#N)=C\c3cc(Br)c(OCc4ccc(I)cc4)c(Br)c3)[nH]c2c1. The number of imidazole rings is 1. The number of aromatic nitrogens is 2. The van der Waals surface area contributed by atoms with Gasteiger partial charge >= 0.3 is 0 Å². The first kappa shape index (κ1) is 22.1. The molecule has 0 aliphatic carbocycles. The van der Waals surface area contributed by atoms with Crippen LogP contribution in [0, 0.1) is 21.8 Å². The molecule has 3 aromatic carbocycles. The summed E-state index contributed by atoms with van der Waals surface area (Å²) in [4.78, 5) is 7.80. The molecule has 0 aliphatic heterocycles. The molecule has 0 unspecified atom stereocenters. The molecule has 31 heavy (non-hydrogen) atoms. The van der Waals surface area contributed by atoms with Crippen LogP contribution in [0.5, 0.6) is 5.75 Å². The number of nitrogens with one attached hydrogen (secondary N) is 1. The van der Waals surface area contributed by atoms with Gasteiger partial charge in [-0.25, -0.2) is 4.98 Å². The Morgan fingerprint density at radius 2 is 1.84 bits per heavy atom. The van der Waals surface area contributed by atoms with Crippen molar-refractivity contribution in [2.45, 2.75) is 13.5 Å². The van der Waals surface area contributed by atoms with Crippen LogP contribution in [0.4, 0.5) is 0 Å². The van der Waals surface area contributed by atoms with E-state index in [0.29, 0.717) is 23.8 Å². The lowest BCUT2D eigenvalue weighted by Crippen LogP contribution is -1.97. The Labute approximate surface area is 210 Å². The van der Waals surface area contributed by atoms with Crippen molar-refractivity contribution >= 4 is 77.1 Å². The lowest BCUT2D eigenvalue weighted by Gasteiger charge is -2.12. The standard InChI is InChI=1S/C24H16Br2IN3O/c1-14-2-7-21-22(8-14)30-24(29-21)17(12-28)9-16-10-19(25)23(20(26)11-16)31-13-15-3-5-18(27)6-4-15/h2-11H,13H2,1H3,(H,29,30)/b17-9-. The Hall–Kier alpha value is -2.15. The number of allylic oxidation sites excluding steroid dienone is 1. The van der Waals surface area contributed by atoms with E-state index in [4.69, 9.17) is 4.74 Å². The summed E-state index contributed by atoms with van der Waals surface area (Å²) in [7, 11) is 0. The molecule has 0 fully saturated rings. The fraction of sp³-hybridized carbons (Fsp3) is 0.0833. The number of rotatable bonds is 5. The van der Waals surface area contributed by atoms with Gasteiger partial charge in [-0.05, 0) is 121 Å². The normalized spacial score (nSPS) is 11.5. The van der Waals surface area contributed by atoms with Gasteiger partial charge in [-0.3, -0.25) is 0 Å². The van der Waals surface area contributed by atoms with Crippen LogP contribution < -0.4 is 4.74 Å². The molecule has 1 heterocycles. The van der Waals surface area contributed by atoms with Crippen molar-refractivity contribution in [3.8, 4) is 11.8 Å². The highest BCUT2D eigenvalue weighted by atomic mass is 127. The molecule has 0 amide bonds. The number of H-pyrrole nitrogens is 1. The van der Waals surface area contributed by atoms with Gasteiger partial charge in [0.25, 0.3) is 0 Å². The molecule has 0 saturated carbocycles. The number of nitriles is 1. The quantitative estimate of drug-likeness (QED) is 0.179. The minimum Gasteiger partial charge on any atom is -0.487 e. The molecule has 1 N–H and O–H groups in total. The number of aryl methyl sites for hydroxylation is 1. The zero-order chi connectivity index (χ0) is 22.0. The highest BCUT2D eigenvalue weighted by Gasteiger charge is 2.12. The maximum Gasteiger partial charge on any atom is 0.149 e. The van der Waals surface area contributed by atoms with Crippen molar-refractivity contribution in [2.75, 3.05) is 0 Å². The first-order chi connectivity index (χ1) is 14.9. The minimum absolute atomic E-state index is 0.459. The summed E-state index contributed by atoms with van der Waals surface area (Å²) in [5, 5.41) is 9.72. The van der Waals surface area contributed by atoms with Crippen molar-refractivity contribution < 1.29 is 4.74 Å². The lowest BCUT2D eigenvalue weighted by molar-refractivity contribution is 0.302. The number of aromatic amines is 1. The second-order valence-electron chi connectivity index (χ2n) is 7.00. The van der Waals surface area contributed by atoms with E-state index in [9.17, 15) is 5.26 Å². The molecule has 1 aromatic heterocycles. The Morgan fingerprint density at radius 1 is 1.13 bits per heavy atom. The maximum atomic E-state index is 9.72. The molecule has 154 valence electrons. The maximum absolute atomic E-state index is 9.72. The average Bonchev–Trinajstić information content (AvgIpc) is 3.15. The van der Waals surface area contributed by atoms with Gasteiger partial charge in [0.1, 0.15) is 24.3 Å². The zero-order valence-electron chi connectivity index (χ0n) is 16.4. The third kappa shape index (κ3) is 5.20. The number of nitrogens with zero attached hydrogens (tertiary/aromatic N) is 2. The van der Waals surface area contributed by atoms with Crippen LogP contribution in [0.15, 0.2) is 63.5 Å². The van der Waals surface area contributed by atoms with Gasteiger partial charge in [0.15, 0.2) is 0 Å². The van der Waals surface area contributed by atoms with Gasteiger partial charge in [0, 0.05) is 3.57 Å². The van der Waals surface area contributed by atoms with Crippen LogP contribution in [0.3, 0.4) is 0 Å². The van der Waals surface area contributed by atoms with Crippen LogP contribution in [0.25, 0.3) is 22.7 Å². The first-order valence-electron chi connectivity index (χ1n) is 9.38. The second kappa shape index (κ2) is 9.55. The molecule has 4 nitrogen and oxygen atoms in total. The largest absolute Gasteiger partial charge is 0.487 e. The van der Waals surface area contributed by atoms with Crippen LogP contribution >= 0.6 is 54.5 Å². The first-order valence-corrected chi connectivity index (χ1v) is 12.0. The molecule has 0 bridgehead atoms. The van der Waals surface area contributed by atoms with Crippen LogP contribution in [0.1, 0.15) is 22.5 Å². The van der Waals surface area contributed by atoms with E-state index in [1.807, 2.05) is 43.3 Å². The smallest absolute Gasteiger partial charge is 0.149 e. The van der Waals surface area contributed by atoms with Gasteiger partial charge in [-0.2, -0.15) is 5.26 Å². The Kier molecular flexibility index (Phi) is 6.80. The summed E-state index contributed by atoms with van der Waals surface area (Å²) in [6.45, 7) is 2.49. The van der Waals surface area contributed by atoms with E-state index in [1.54, 1.807) is 0 Å². The van der Waals surface area contributed by atoms with Crippen molar-refractivity contribution in [2.24, 2.45) is 0 Å². The summed E-state index contributed by atoms with van der Waals surface area (Å²) >= 11 is 9.47. The van der Waals surface area contributed by atoms with Crippen LogP contribution in [-0.4, -0.2) is 9.97 Å². The van der Waals surface area contributed by atoms with E-state index in [0.717, 1.165) is 36.7 Å². The molecule has 0 spiro atoms. The molecular weight excluding hydrogens is 633 g/mol. The molecular formula is C24H16Br2IN3O. The number of halogens is 3. The summed E-state index contributed by atoms with van der Waals surface area (Å²) in [5.41, 5.74) is 5.30. The van der Waals surface area contributed by atoms with Gasteiger partial charge < -0.3 is 9.72 Å². The monoisotopic (exact) mass is 647 g/mol. The van der Waals surface area contributed by atoms with Crippen LogP contribution in [0.2, 0.25) is 0 Å². The summed E-state index contributed by atoms with van der Waals surface area (Å²) in [6, 6.07) is 20.3. The number of hydrogen-bond acceptors (Lipinski definition) is 3. The predicted molar refractivity (Wildman–Crippen MR) is 140 cm³/mol. The van der Waals surface area contributed by atoms with E-state index >= 15 is 0 Å². The summed E-state index contributed by atoms with van der Waals surface area (Å²) in [5.74, 6) is 1.27. The molecule has 0 saturated heterocycles. The van der Waals surface area contributed by atoms with Crippen molar-refractivity contribution in [1.82, 2.24) is 9.97 Å². The van der Waals surface area contributed by atoms with Crippen molar-refractivity contribution in [1.29, 1.82) is 5.26 Å². The number of fused-ring (bicyclic) bond motifs is 1. The van der Waals surface area contributed by atoms with E-state index in [-0.39, 0.29) is 0 Å².